The SMILES string of the molecule is CC[C@H](C)[C@@H]1NC(=O)[C@H](CC)N(C)C(=O)C[C@@H](C(=O)N(C)C)N(C)C(=O)[C@H](C2CCCC2)N(C)C(=O)C2(CCC2)NC(=O)[C@@H]2CCN2C(=O)[C@H](CCC2CC(F)C(C(F)(F)F)C(F)C2)NC(=O)CN(C)C(=O)[C@H](CC2CCC(C(F)(F)F)CC2)N2CCCCC[C@@H](C2=O)N(C)C(=O)CN(C)C1=O. The molecule has 3 N–H and O–H groups in total. The summed E-state index contributed by atoms with van der Waals surface area (Å²) in [5.74, 6) is -16.3. The van der Waals surface area contributed by atoms with Crippen LogP contribution in [0.3, 0.4) is 0 Å². The molecule has 3 aliphatic heterocycles. The number of amides is 12. The second kappa shape index (κ2) is 34.8. The number of carbonyl (C=O) groups excluding carboxylic acids is 12. The highest BCUT2D eigenvalue weighted by atomic mass is 19.4. The summed E-state index contributed by atoms with van der Waals surface area (Å²) < 4.78 is 114. The maximum Gasteiger partial charge on any atom is 0.397 e. The van der Waals surface area contributed by atoms with Gasteiger partial charge in [-0.05, 0) is 139 Å². The van der Waals surface area contributed by atoms with Gasteiger partial charge >= 0.3 is 12.4 Å². The van der Waals surface area contributed by atoms with Crippen molar-refractivity contribution in [3.05, 3.63) is 0 Å². The molecular weight excluding hydrogens is 1350 g/mol. The van der Waals surface area contributed by atoms with Crippen LogP contribution in [0.4, 0.5) is 35.1 Å². The summed E-state index contributed by atoms with van der Waals surface area (Å²) in [6.07, 6.45) is -13.7. The topological polar surface area (TPSA) is 270 Å². The molecule has 7 fully saturated rings. The largest absolute Gasteiger partial charge is 0.397 e. The molecule has 11 atom stereocenters. The smallest absolute Gasteiger partial charge is 0.347 e. The number of rotatable bonds is 10. The Morgan fingerprint density at radius 2 is 1.19 bits per heavy atom. The maximum atomic E-state index is 15.3. The van der Waals surface area contributed by atoms with Crippen molar-refractivity contribution in [3.63, 3.8) is 0 Å². The van der Waals surface area contributed by atoms with E-state index in [0.717, 1.165) is 29.4 Å². The summed E-state index contributed by atoms with van der Waals surface area (Å²) in [7, 11) is 10.9. The molecule has 32 heteroatoms. The highest BCUT2D eigenvalue weighted by Crippen LogP contribution is 2.46. The van der Waals surface area contributed by atoms with E-state index in [0.29, 0.717) is 57.8 Å². The molecule has 7 rings (SSSR count). The first-order valence-electron chi connectivity index (χ1n) is 36.5. The Hall–Kier alpha value is -6.92. The number of nitrogens with zero attached hydrogens (tertiary/aromatic N) is 9. The van der Waals surface area contributed by atoms with Gasteiger partial charge in [-0.3, -0.25) is 57.5 Å². The van der Waals surface area contributed by atoms with Crippen LogP contribution < -0.4 is 16.0 Å². The van der Waals surface area contributed by atoms with E-state index in [-0.39, 0.29) is 83.7 Å². The lowest BCUT2D eigenvalue weighted by Crippen LogP contribution is -2.70. The van der Waals surface area contributed by atoms with Crippen molar-refractivity contribution < 1.29 is 92.7 Å². The standard InChI is InChI=1S/C70H108F8N12O12/c1-12-40(3)57-65(100)84(7)39-55(93)86(9)50-22-15-14-18-32-89(64(50)99)52(36-41-23-26-44(27-24-41)69(73,74)75)63(98)83(6)38-53(91)79-47(28-25-42-34-45(71)56(46(72)35-42)70(76,77)78)61(96)90-33-29-49(90)60(95)81-68(30-19-31-68)67(102)88(11)58(43-20-16-17-21-43)66(101)87(10)51(62(97)82(4)5)37-54(92)85(8)48(13-2)59(94)80-57/h40-52,56-58H,12-39H2,1-11H3,(H,79,91)(H,80,94)(H,81,95)/t40-,41?,42?,44?,45?,46?,47-,48-,49-,50-,51-,52-,56?,57-,58-/m0/s1. The third kappa shape index (κ3) is 19.1. The number of halogens is 8. The third-order valence-corrected chi connectivity index (χ3v) is 23.3. The Morgan fingerprint density at radius 1 is 0.578 bits per heavy atom. The number of hydrogen-bond acceptors (Lipinski definition) is 12. The van der Waals surface area contributed by atoms with Gasteiger partial charge in [0, 0.05) is 69.5 Å². The number of fused-ring (bicyclic) bond motifs is 3. The average Bonchev–Trinajstić information content (AvgIpc) is 0.762. The van der Waals surface area contributed by atoms with Crippen LogP contribution in [0.25, 0.3) is 0 Å². The predicted octanol–water partition coefficient (Wildman–Crippen LogP) is 5.53. The van der Waals surface area contributed by atoms with Crippen LogP contribution in [0.5, 0.6) is 0 Å². The molecule has 4 saturated carbocycles. The highest BCUT2D eigenvalue weighted by molar-refractivity contribution is 6.01. The van der Waals surface area contributed by atoms with Crippen molar-refractivity contribution in [1.82, 2.24) is 60.0 Å². The molecule has 2 unspecified atom stereocenters. The normalized spacial score (nSPS) is 32.1. The van der Waals surface area contributed by atoms with Gasteiger partial charge in [0.25, 0.3) is 0 Å². The summed E-state index contributed by atoms with van der Waals surface area (Å²) in [6, 6.07) is -10.9. The number of nitrogens with one attached hydrogen (secondary N) is 3. The molecule has 0 aromatic carbocycles. The van der Waals surface area contributed by atoms with E-state index in [1.807, 2.05) is 0 Å². The predicted molar refractivity (Wildman–Crippen MR) is 357 cm³/mol. The molecule has 576 valence electrons. The lowest BCUT2D eigenvalue weighted by Gasteiger charge is -2.48. The van der Waals surface area contributed by atoms with Crippen LogP contribution in [-0.4, -0.2) is 276 Å². The van der Waals surface area contributed by atoms with Gasteiger partial charge in [-0.15, -0.1) is 0 Å². The highest BCUT2D eigenvalue weighted by Gasteiger charge is 2.56. The second-order valence-electron chi connectivity index (χ2n) is 30.3. The van der Waals surface area contributed by atoms with Crippen molar-refractivity contribution in [1.29, 1.82) is 0 Å². The monoisotopic (exact) mass is 1460 g/mol. The van der Waals surface area contributed by atoms with Crippen molar-refractivity contribution in [2.24, 2.45) is 35.5 Å². The molecule has 12 amide bonds. The van der Waals surface area contributed by atoms with Crippen LogP contribution in [0.15, 0.2) is 0 Å². The van der Waals surface area contributed by atoms with Gasteiger partial charge < -0.3 is 60.0 Å². The Bertz CT molecular complexity index is 3030. The zero-order valence-electron chi connectivity index (χ0n) is 61.0. The summed E-state index contributed by atoms with van der Waals surface area (Å²) in [4.78, 5) is 188. The summed E-state index contributed by atoms with van der Waals surface area (Å²) in [5.41, 5.74) is -1.62. The van der Waals surface area contributed by atoms with Crippen LogP contribution >= 0.6 is 0 Å². The number of hydrogen-bond donors (Lipinski definition) is 3. The Kier molecular flexibility index (Phi) is 28.1. The van der Waals surface area contributed by atoms with Crippen molar-refractivity contribution >= 4 is 70.9 Å². The summed E-state index contributed by atoms with van der Waals surface area (Å²) in [6.45, 7) is 3.50. The number of likely N-dealkylation sites (N-methyl/N-ethyl adjacent to an activating group) is 7. The van der Waals surface area contributed by atoms with Crippen LogP contribution in [0, 0.1) is 35.5 Å². The molecule has 24 nitrogen and oxygen atoms in total. The van der Waals surface area contributed by atoms with Crippen molar-refractivity contribution in [2.75, 3.05) is 82.6 Å². The molecule has 4 aliphatic carbocycles. The molecule has 3 saturated heterocycles. The fourth-order valence-electron chi connectivity index (χ4n) is 16.3. The molecule has 7 aliphatic rings. The fraction of sp³-hybridized carbons (Fsp3) is 0.829. The minimum atomic E-state index is -5.19. The Labute approximate surface area is 593 Å². The molecule has 0 aromatic rings. The lowest BCUT2D eigenvalue weighted by atomic mass is 9.74. The van der Waals surface area contributed by atoms with E-state index in [9.17, 15) is 64.7 Å². The first-order chi connectivity index (χ1) is 47.8. The van der Waals surface area contributed by atoms with Gasteiger partial charge in [0.2, 0.25) is 70.9 Å². The molecule has 1 spiro atoms. The second-order valence-corrected chi connectivity index (χ2v) is 30.3. The van der Waals surface area contributed by atoms with E-state index in [1.54, 1.807) is 20.8 Å². The van der Waals surface area contributed by atoms with Gasteiger partial charge in [0.05, 0.1) is 25.4 Å². The van der Waals surface area contributed by atoms with Crippen LogP contribution in [0.2, 0.25) is 0 Å². The molecule has 102 heavy (non-hydrogen) atoms. The fourth-order valence-corrected chi connectivity index (χ4v) is 16.3. The van der Waals surface area contributed by atoms with E-state index in [1.165, 1.54) is 71.1 Å². The van der Waals surface area contributed by atoms with Gasteiger partial charge in [0.15, 0.2) is 0 Å². The molecule has 3 heterocycles. The Balaban J connectivity index is 1.27. The van der Waals surface area contributed by atoms with Crippen molar-refractivity contribution in [3.8, 4) is 0 Å². The quantitative estimate of drug-likeness (QED) is 0.228. The van der Waals surface area contributed by atoms with Gasteiger partial charge in [-0.2, -0.15) is 26.3 Å². The van der Waals surface area contributed by atoms with E-state index < -0.39 is 224 Å². The number of alkyl halides is 8. The van der Waals surface area contributed by atoms with Gasteiger partial charge in [0.1, 0.15) is 72.1 Å². The molecular formula is C70H108F8N12O12. The lowest BCUT2D eigenvalue weighted by molar-refractivity contribution is -0.219. The van der Waals surface area contributed by atoms with E-state index in [4.69, 9.17) is 0 Å². The minimum absolute atomic E-state index is 0.00972. The molecule has 0 radical (unpaired) electrons. The average molecular weight is 1460 g/mol. The van der Waals surface area contributed by atoms with Crippen molar-refractivity contribution in [2.45, 2.75) is 253 Å². The number of carbonyl (C=O) groups is 12. The first kappa shape index (κ1) is 82.4. The van der Waals surface area contributed by atoms with Crippen LogP contribution in [-0.2, 0) is 57.5 Å². The van der Waals surface area contributed by atoms with Gasteiger partial charge in [-0.25, -0.2) is 8.78 Å². The van der Waals surface area contributed by atoms with Crippen LogP contribution in [0.1, 0.15) is 175 Å². The zero-order chi connectivity index (χ0) is 75.8. The minimum Gasteiger partial charge on any atom is -0.347 e. The van der Waals surface area contributed by atoms with Gasteiger partial charge in [-0.1, -0.05) is 52.9 Å². The Morgan fingerprint density at radius 3 is 1.73 bits per heavy atom. The van der Waals surface area contributed by atoms with E-state index >= 15 is 28.0 Å². The first-order valence-corrected chi connectivity index (χ1v) is 36.5. The molecule has 2 bridgehead atoms. The summed E-state index contributed by atoms with van der Waals surface area (Å²) in [5, 5.41) is 8.27. The van der Waals surface area contributed by atoms with E-state index in [2.05, 4.69) is 16.0 Å². The third-order valence-electron chi connectivity index (χ3n) is 23.3. The zero-order valence-corrected chi connectivity index (χ0v) is 61.0. The maximum absolute atomic E-state index is 15.3. The molecule has 0 aromatic heterocycles. The summed E-state index contributed by atoms with van der Waals surface area (Å²) >= 11 is 0.